The summed E-state index contributed by atoms with van der Waals surface area (Å²) in [5.41, 5.74) is 5.25. The molecule has 0 bridgehead atoms. The van der Waals surface area contributed by atoms with Crippen LogP contribution in [0.3, 0.4) is 0 Å². The Morgan fingerprint density at radius 3 is 3.08 bits per heavy atom. The minimum absolute atomic E-state index is 0.0359. The molecule has 0 saturated carbocycles. The lowest BCUT2D eigenvalue weighted by atomic mass is 10.2. The summed E-state index contributed by atoms with van der Waals surface area (Å²) in [5, 5.41) is 11.8. The number of carbonyl (C=O) groups is 2. The van der Waals surface area contributed by atoms with Gasteiger partial charge in [0.2, 0.25) is 11.8 Å². The van der Waals surface area contributed by atoms with E-state index in [1.165, 1.54) is 11.8 Å². The Labute approximate surface area is 149 Å². The molecular weight excluding hydrogens is 342 g/mol. The highest BCUT2D eigenvalue weighted by atomic mass is 32.2. The largest absolute Gasteiger partial charge is 0.467 e. The van der Waals surface area contributed by atoms with Gasteiger partial charge in [0.05, 0.1) is 18.1 Å². The summed E-state index contributed by atoms with van der Waals surface area (Å²) in [6.45, 7) is 1.17. The van der Waals surface area contributed by atoms with Crippen LogP contribution in [0.2, 0.25) is 0 Å². The van der Waals surface area contributed by atoms with Crippen molar-refractivity contribution in [3.8, 4) is 0 Å². The fraction of sp³-hybridized carbons (Fsp3) is 0.500. The lowest BCUT2D eigenvalue weighted by molar-refractivity contribution is -0.120. The van der Waals surface area contributed by atoms with Gasteiger partial charge in [-0.2, -0.15) is 0 Å². The average molecular weight is 363 g/mol. The van der Waals surface area contributed by atoms with E-state index in [0.717, 1.165) is 31.6 Å². The summed E-state index contributed by atoms with van der Waals surface area (Å²) in [4.78, 5) is 23.3. The molecule has 0 aromatic carbocycles. The van der Waals surface area contributed by atoms with Crippen molar-refractivity contribution in [2.24, 2.45) is 5.73 Å². The molecule has 1 aliphatic rings. The zero-order chi connectivity index (χ0) is 17.6. The van der Waals surface area contributed by atoms with Gasteiger partial charge in [-0.15, -0.1) is 10.2 Å². The van der Waals surface area contributed by atoms with Crippen LogP contribution in [0.5, 0.6) is 0 Å². The number of nitrogens with two attached hydrogens (primary N) is 1. The van der Waals surface area contributed by atoms with Crippen LogP contribution in [0.15, 0.2) is 28.0 Å². The molecule has 0 aliphatic carbocycles. The molecule has 1 fully saturated rings. The topological polar surface area (TPSA) is 116 Å². The number of thioether (sulfide) groups is 1. The molecule has 2 amide bonds. The predicted octanol–water partition coefficient (Wildman–Crippen LogP) is 1.10. The van der Waals surface area contributed by atoms with Gasteiger partial charge in [-0.05, 0) is 25.0 Å². The lowest BCUT2D eigenvalue weighted by Crippen LogP contribution is -2.30. The van der Waals surface area contributed by atoms with Gasteiger partial charge in [0.15, 0.2) is 5.16 Å². The Kier molecular flexibility index (Phi) is 5.75. The first-order valence-electron chi connectivity index (χ1n) is 8.30. The maximum Gasteiger partial charge on any atom is 0.233 e. The van der Waals surface area contributed by atoms with E-state index in [1.807, 2.05) is 16.7 Å². The molecule has 1 aliphatic heterocycles. The summed E-state index contributed by atoms with van der Waals surface area (Å²) in [7, 11) is 0. The maximum absolute atomic E-state index is 12.2. The van der Waals surface area contributed by atoms with Crippen LogP contribution in [0.4, 0.5) is 0 Å². The van der Waals surface area contributed by atoms with Crippen molar-refractivity contribution in [2.75, 3.05) is 6.54 Å². The van der Waals surface area contributed by atoms with Crippen LogP contribution in [-0.4, -0.2) is 38.4 Å². The van der Waals surface area contributed by atoms with Crippen LogP contribution >= 0.6 is 11.8 Å². The standard InChI is InChI=1S/C16H21N5O3S/c17-13(22)6-7-14-19-20-16(21(14)10-11-4-3-9-24-11)25-12-5-1-2-8-18-15(12)23/h3-4,9,12H,1-2,5-8,10H2,(H2,17,22)(H,18,23)/t12-/m1/s1. The SMILES string of the molecule is NC(=O)CCc1nnc(S[C@@H]2CCCCNC2=O)n1Cc1ccco1. The number of aromatic nitrogens is 3. The first kappa shape index (κ1) is 17.5. The number of rotatable bonds is 7. The molecule has 1 saturated heterocycles. The fourth-order valence-corrected chi connectivity index (χ4v) is 3.81. The number of hydrogen-bond acceptors (Lipinski definition) is 6. The minimum atomic E-state index is -0.384. The zero-order valence-corrected chi connectivity index (χ0v) is 14.6. The number of aryl methyl sites for hydroxylation is 1. The van der Waals surface area contributed by atoms with E-state index in [1.54, 1.807) is 6.26 Å². The molecule has 3 rings (SSSR count). The Morgan fingerprint density at radius 1 is 1.44 bits per heavy atom. The van der Waals surface area contributed by atoms with E-state index in [2.05, 4.69) is 15.5 Å². The molecule has 0 unspecified atom stereocenters. The Hall–Kier alpha value is -2.29. The second kappa shape index (κ2) is 8.19. The number of amides is 2. The van der Waals surface area contributed by atoms with Gasteiger partial charge in [0.1, 0.15) is 11.6 Å². The number of nitrogens with zero attached hydrogens (tertiary/aromatic N) is 3. The van der Waals surface area contributed by atoms with Crippen LogP contribution < -0.4 is 11.1 Å². The van der Waals surface area contributed by atoms with Crippen LogP contribution in [0.25, 0.3) is 0 Å². The molecule has 0 radical (unpaired) electrons. The number of nitrogens with one attached hydrogen (secondary N) is 1. The average Bonchev–Trinajstić information content (AvgIpc) is 3.17. The summed E-state index contributed by atoms with van der Waals surface area (Å²) in [6, 6.07) is 3.68. The van der Waals surface area contributed by atoms with E-state index < -0.39 is 0 Å². The molecule has 3 N–H and O–H groups in total. The van der Waals surface area contributed by atoms with Crippen LogP contribution in [0, 0.1) is 0 Å². The zero-order valence-electron chi connectivity index (χ0n) is 13.8. The van der Waals surface area contributed by atoms with E-state index >= 15 is 0 Å². The van der Waals surface area contributed by atoms with Gasteiger partial charge < -0.3 is 15.5 Å². The normalized spacial score (nSPS) is 17.9. The van der Waals surface area contributed by atoms with Gasteiger partial charge in [-0.3, -0.25) is 14.2 Å². The van der Waals surface area contributed by atoms with Gasteiger partial charge in [0.25, 0.3) is 0 Å². The van der Waals surface area contributed by atoms with Crippen LogP contribution in [0.1, 0.15) is 37.3 Å². The summed E-state index contributed by atoms with van der Waals surface area (Å²) >= 11 is 1.41. The number of carbonyl (C=O) groups excluding carboxylic acids is 2. The van der Waals surface area contributed by atoms with Crippen molar-refractivity contribution < 1.29 is 14.0 Å². The van der Waals surface area contributed by atoms with E-state index in [-0.39, 0.29) is 23.5 Å². The van der Waals surface area contributed by atoms with Crippen molar-refractivity contribution in [2.45, 2.75) is 49.1 Å². The Bertz CT molecular complexity index is 728. The van der Waals surface area contributed by atoms with Gasteiger partial charge in [0, 0.05) is 19.4 Å². The molecular formula is C16H21N5O3S. The highest BCUT2D eigenvalue weighted by Crippen LogP contribution is 2.28. The van der Waals surface area contributed by atoms with Crippen molar-refractivity contribution >= 4 is 23.6 Å². The highest BCUT2D eigenvalue weighted by Gasteiger charge is 2.25. The van der Waals surface area contributed by atoms with Gasteiger partial charge in [-0.25, -0.2) is 0 Å². The number of hydrogen-bond donors (Lipinski definition) is 2. The molecule has 0 spiro atoms. The van der Waals surface area contributed by atoms with E-state index in [4.69, 9.17) is 10.2 Å². The molecule has 3 heterocycles. The van der Waals surface area contributed by atoms with Crippen molar-refractivity contribution in [1.29, 1.82) is 0 Å². The van der Waals surface area contributed by atoms with Gasteiger partial charge >= 0.3 is 0 Å². The fourth-order valence-electron chi connectivity index (χ4n) is 2.69. The van der Waals surface area contributed by atoms with E-state index in [0.29, 0.717) is 23.9 Å². The summed E-state index contributed by atoms with van der Waals surface area (Å²) in [5.74, 6) is 1.07. The number of primary amides is 1. The predicted molar refractivity (Wildman–Crippen MR) is 91.9 cm³/mol. The van der Waals surface area contributed by atoms with E-state index in [9.17, 15) is 9.59 Å². The summed E-state index contributed by atoms with van der Waals surface area (Å²) < 4.78 is 7.31. The van der Waals surface area contributed by atoms with Crippen molar-refractivity contribution in [3.05, 3.63) is 30.0 Å². The highest BCUT2D eigenvalue weighted by molar-refractivity contribution is 8.00. The smallest absolute Gasteiger partial charge is 0.233 e. The second-order valence-corrected chi connectivity index (χ2v) is 7.09. The quantitative estimate of drug-likeness (QED) is 0.761. The molecule has 8 nitrogen and oxygen atoms in total. The third-order valence-electron chi connectivity index (χ3n) is 4.01. The third kappa shape index (κ3) is 4.62. The molecule has 2 aromatic rings. The molecule has 1 atom stereocenters. The molecule has 9 heteroatoms. The second-order valence-electron chi connectivity index (χ2n) is 5.92. The van der Waals surface area contributed by atoms with Crippen LogP contribution in [-0.2, 0) is 22.6 Å². The monoisotopic (exact) mass is 363 g/mol. The maximum atomic E-state index is 12.2. The molecule has 2 aromatic heterocycles. The molecule has 134 valence electrons. The molecule has 25 heavy (non-hydrogen) atoms. The third-order valence-corrected chi connectivity index (χ3v) is 5.26. The van der Waals surface area contributed by atoms with Crippen molar-refractivity contribution in [1.82, 2.24) is 20.1 Å². The van der Waals surface area contributed by atoms with Crippen molar-refractivity contribution in [3.63, 3.8) is 0 Å². The summed E-state index contributed by atoms with van der Waals surface area (Å²) in [6.07, 6.45) is 5.00. The Balaban J connectivity index is 1.81. The van der Waals surface area contributed by atoms with Gasteiger partial charge in [-0.1, -0.05) is 18.2 Å². The first-order chi connectivity index (χ1) is 12.1. The number of furan rings is 1. The minimum Gasteiger partial charge on any atom is -0.467 e. The first-order valence-corrected chi connectivity index (χ1v) is 9.18. The Morgan fingerprint density at radius 2 is 2.32 bits per heavy atom. The lowest BCUT2D eigenvalue weighted by Gasteiger charge is -2.13.